The van der Waals surface area contributed by atoms with Gasteiger partial charge in [-0.2, -0.15) is 0 Å². The molecule has 1 fully saturated rings. The summed E-state index contributed by atoms with van der Waals surface area (Å²) in [6.07, 6.45) is -7.52. The van der Waals surface area contributed by atoms with E-state index in [0.29, 0.717) is 0 Å². The van der Waals surface area contributed by atoms with Crippen molar-refractivity contribution < 1.29 is 76.4 Å². The number of ether oxygens (including phenoxy) is 5. The summed E-state index contributed by atoms with van der Waals surface area (Å²) >= 11 is 0. The summed E-state index contributed by atoms with van der Waals surface area (Å²) in [6, 6.07) is -8.11. The number of carbonyl (C=O) groups is 11. The first kappa shape index (κ1) is 63.2. The lowest BCUT2D eigenvalue weighted by atomic mass is 10.0. The van der Waals surface area contributed by atoms with Gasteiger partial charge in [-0.15, -0.1) is 0 Å². The van der Waals surface area contributed by atoms with Gasteiger partial charge < -0.3 is 55.6 Å². The van der Waals surface area contributed by atoms with Crippen molar-refractivity contribution in [1.82, 2.24) is 31.9 Å². The maximum atomic E-state index is 13.8. The van der Waals surface area contributed by atoms with Crippen LogP contribution in [0.4, 0.5) is 0 Å². The predicted molar refractivity (Wildman–Crippen MR) is 257 cm³/mol. The number of amides is 6. The molecule has 1 saturated heterocycles. The average molecular weight is 1010 g/mol. The normalized spacial score (nSPS) is 28.9. The molecule has 1 aliphatic rings. The third-order valence-corrected chi connectivity index (χ3v) is 11.5. The van der Waals surface area contributed by atoms with E-state index in [-0.39, 0.29) is 0 Å². The van der Waals surface area contributed by atoms with Crippen LogP contribution < -0.4 is 31.9 Å². The number of hydrogen-bond acceptors (Lipinski definition) is 16. The SMILES string of the molecule is CC(C)C1OC(=O)[C@H](C(C)C)NC(=O)[C@H](C)NC(=O)[C@H](C(C)C)OC(=O)[C@@H](C(C)C)NC(=O)[C@H](C)OC(=O)[C@H](C(C)C)NC(=O)[C@H](C(C)C)OC(=O)[C@@H](C(C)C)NC(=O)[C@H](C)OC(=O)[C@H](C(C)C)NC1=O. The molecular formula is C49H82N6O16. The van der Waals surface area contributed by atoms with Gasteiger partial charge >= 0.3 is 29.8 Å². The molecular weight excluding hydrogens is 929 g/mol. The van der Waals surface area contributed by atoms with Gasteiger partial charge in [-0.3, -0.25) is 28.8 Å². The lowest BCUT2D eigenvalue weighted by Gasteiger charge is -2.30. The van der Waals surface area contributed by atoms with Gasteiger partial charge in [0.25, 0.3) is 29.5 Å². The van der Waals surface area contributed by atoms with Crippen molar-refractivity contribution in [2.75, 3.05) is 0 Å². The highest BCUT2D eigenvalue weighted by Crippen LogP contribution is 2.18. The zero-order valence-corrected chi connectivity index (χ0v) is 45.0. The van der Waals surface area contributed by atoms with E-state index < -0.39 is 179 Å². The summed E-state index contributed by atoms with van der Waals surface area (Å²) in [6.45, 7) is 29.3. The van der Waals surface area contributed by atoms with E-state index in [1.54, 1.807) is 111 Å². The van der Waals surface area contributed by atoms with Crippen LogP contribution >= 0.6 is 0 Å². The highest BCUT2D eigenvalue weighted by atomic mass is 16.6. The van der Waals surface area contributed by atoms with Gasteiger partial charge in [0, 0.05) is 0 Å². The van der Waals surface area contributed by atoms with Gasteiger partial charge in [-0.25, -0.2) is 24.0 Å². The molecule has 1 rings (SSSR count). The Hall–Kier alpha value is -5.83. The van der Waals surface area contributed by atoms with Crippen molar-refractivity contribution in [1.29, 1.82) is 0 Å². The van der Waals surface area contributed by atoms with Gasteiger partial charge in [-0.05, 0) is 68.1 Å². The molecule has 1 aliphatic heterocycles. The second-order valence-electron chi connectivity index (χ2n) is 20.8. The summed E-state index contributed by atoms with van der Waals surface area (Å²) < 4.78 is 27.9. The van der Waals surface area contributed by atoms with Crippen molar-refractivity contribution in [3.05, 3.63) is 0 Å². The molecule has 0 aliphatic carbocycles. The topological polar surface area (TPSA) is 306 Å². The molecule has 22 heteroatoms. The summed E-state index contributed by atoms with van der Waals surface area (Å²) in [5, 5.41) is 15.1. The molecule has 1 unspecified atom stereocenters. The summed E-state index contributed by atoms with van der Waals surface area (Å²) in [5.41, 5.74) is 0. The molecule has 71 heavy (non-hydrogen) atoms. The predicted octanol–water partition coefficient (Wildman–Crippen LogP) is 1.78. The van der Waals surface area contributed by atoms with Crippen LogP contribution in [0.15, 0.2) is 0 Å². The first-order valence-corrected chi connectivity index (χ1v) is 24.5. The van der Waals surface area contributed by atoms with E-state index in [4.69, 9.17) is 23.7 Å². The Kier molecular flexibility index (Phi) is 25.2. The quantitative estimate of drug-likeness (QED) is 0.149. The number of esters is 5. The van der Waals surface area contributed by atoms with Crippen LogP contribution in [0.3, 0.4) is 0 Å². The van der Waals surface area contributed by atoms with Crippen molar-refractivity contribution in [2.24, 2.45) is 47.3 Å². The zero-order valence-electron chi connectivity index (χ0n) is 45.0. The monoisotopic (exact) mass is 1010 g/mol. The smallest absolute Gasteiger partial charge is 0.329 e. The third kappa shape index (κ3) is 19.0. The van der Waals surface area contributed by atoms with E-state index >= 15 is 0 Å². The largest absolute Gasteiger partial charge is 0.451 e. The Bertz CT molecular complexity index is 1890. The number of hydrogen-bond donors (Lipinski definition) is 6. The minimum absolute atomic E-state index is 0.605. The molecule has 0 saturated carbocycles. The van der Waals surface area contributed by atoms with Crippen LogP contribution in [0.2, 0.25) is 0 Å². The van der Waals surface area contributed by atoms with E-state index in [9.17, 15) is 52.7 Å². The Morgan fingerprint density at radius 3 is 0.690 bits per heavy atom. The van der Waals surface area contributed by atoms with Gasteiger partial charge in [0.15, 0.2) is 30.5 Å². The Morgan fingerprint density at radius 2 is 0.465 bits per heavy atom. The fourth-order valence-corrected chi connectivity index (χ4v) is 6.81. The maximum absolute atomic E-state index is 13.8. The van der Waals surface area contributed by atoms with Crippen molar-refractivity contribution in [3.8, 4) is 0 Å². The third-order valence-electron chi connectivity index (χ3n) is 11.5. The van der Waals surface area contributed by atoms with Crippen LogP contribution in [-0.2, 0) is 76.4 Å². The van der Waals surface area contributed by atoms with Crippen LogP contribution in [0.1, 0.15) is 132 Å². The van der Waals surface area contributed by atoms with E-state index in [0.717, 1.165) is 0 Å². The standard InChI is InChI=1S/C49H82N6O16/c1-20(2)31-45(62)68-30(19)41(58)53-35(24(9)10)49(66)71-38(27(15)16)44(61)55-32(21(3)4)46(63)67-29(18)40(57)52-34(23(7)8)48(65)69-36(25(11)12)42(59)50-28(17)39(56)51-33(22(5)6)47(64)70-37(26(13)14)43(60)54-31/h20-38H,1-19H3,(H,50,59)(H,51,56)(H,52,57)(H,53,58)(H,54,60)(H,55,61)/t28-,29-,30-,31-,32-,33-,34+,35+,36-,37?,38-/m0/s1. The summed E-state index contributed by atoms with van der Waals surface area (Å²) in [7, 11) is 0. The fraction of sp³-hybridized carbons (Fsp3) is 0.776. The molecule has 0 aromatic rings. The lowest BCUT2D eigenvalue weighted by Crippen LogP contribution is -2.56. The van der Waals surface area contributed by atoms with Gasteiger partial charge in [-0.1, -0.05) is 111 Å². The zero-order chi connectivity index (χ0) is 55.1. The summed E-state index contributed by atoms with van der Waals surface area (Å²) in [4.78, 5) is 150. The molecule has 11 atom stereocenters. The molecule has 0 aromatic carbocycles. The highest BCUT2D eigenvalue weighted by molar-refractivity contribution is 5.96. The second kappa shape index (κ2) is 28.3. The van der Waals surface area contributed by atoms with Crippen LogP contribution in [0, 0.1) is 47.3 Å². The molecule has 0 bridgehead atoms. The second-order valence-corrected chi connectivity index (χ2v) is 20.8. The molecule has 6 amide bonds. The molecule has 6 N–H and O–H groups in total. The average Bonchev–Trinajstić information content (AvgIpc) is 3.25. The van der Waals surface area contributed by atoms with Crippen molar-refractivity contribution in [3.63, 3.8) is 0 Å². The van der Waals surface area contributed by atoms with Crippen molar-refractivity contribution in [2.45, 2.75) is 198 Å². The van der Waals surface area contributed by atoms with E-state index in [1.165, 1.54) is 20.8 Å². The molecule has 0 spiro atoms. The Morgan fingerprint density at radius 1 is 0.268 bits per heavy atom. The van der Waals surface area contributed by atoms with Crippen LogP contribution in [0.25, 0.3) is 0 Å². The van der Waals surface area contributed by atoms with E-state index in [1.807, 2.05) is 0 Å². The van der Waals surface area contributed by atoms with Crippen LogP contribution in [0.5, 0.6) is 0 Å². The van der Waals surface area contributed by atoms with Gasteiger partial charge in [0.05, 0.1) is 0 Å². The van der Waals surface area contributed by atoms with Gasteiger partial charge in [0.2, 0.25) is 5.91 Å². The van der Waals surface area contributed by atoms with E-state index in [2.05, 4.69) is 31.9 Å². The first-order chi connectivity index (χ1) is 32.6. The molecule has 1 heterocycles. The molecule has 22 nitrogen and oxygen atoms in total. The Labute approximate surface area is 418 Å². The fourth-order valence-electron chi connectivity index (χ4n) is 6.81. The molecule has 404 valence electrons. The van der Waals surface area contributed by atoms with Crippen molar-refractivity contribution >= 4 is 65.3 Å². The first-order valence-electron chi connectivity index (χ1n) is 24.5. The minimum Gasteiger partial charge on any atom is -0.451 e. The maximum Gasteiger partial charge on any atom is 0.329 e. The molecule has 0 aromatic heterocycles. The molecule has 0 radical (unpaired) electrons. The Balaban J connectivity index is 3.82. The van der Waals surface area contributed by atoms with Crippen LogP contribution in [-0.4, -0.2) is 132 Å². The number of carbonyl (C=O) groups excluding carboxylic acids is 11. The van der Waals surface area contributed by atoms with Gasteiger partial charge in [0.1, 0.15) is 36.3 Å². The number of cyclic esters (lactones) is 5. The number of nitrogens with one attached hydrogen (secondary N) is 6. The number of rotatable bonds is 8. The highest BCUT2D eigenvalue weighted by Gasteiger charge is 2.41. The summed E-state index contributed by atoms with van der Waals surface area (Å²) in [5.74, 6) is -15.5. The lowest BCUT2D eigenvalue weighted by molar-refractivity contribution is -0.166. The minimum atomic E-state index is -1.53.